The Morgan fingerprint density at radius 1 is 1.21 bits per heavy atom. The van der Waals surface area contributed by atoms with Gasteiger partial charge in [0, 0.05) is 25.5 Å². The Labute approximate surface area is 172 Å². The van der Waals surface area contributed by atoms with Crippen LogP contribution in [0.4, 0.5) is 0 Å². The van der Waals surface area contributed by atoms with Crippen molar-refractivity contribution in [2.45, 2.75) is 47.4 Å². The summed E-state index contributed by atoms with van der Waals surface area (Å²) in [6, 6.07) is 6.02. The number of ether oxygens (including phenoxy) is 2. The summed E-state index contributed by atoms with van der Waals surface area (Å²) < 4.78 is 18.8. The molecule has 0 bridgehead atoms. The van der Waals surface area contributed by atoms with Gasteiger partial charge in [0.15, 0.2) is 11.5 Å². The maximum absolute atomic E-state index is 5.95. The highest BCUT2D eigenvalue weighted by atomic mass is 16.5. The Kier molecular flexibility index (Phi) is 6.93. The summed E-state index contributed by atoms with van der Waals surface area (Å²) >= 11 is 0. The number of imidazole rings is 1. The summed E-state index contributed by atoms with van der Waals surface area (Å²) in [5, 5.41) is 7.48. The van der Waals surface area contributed by atoms with E-state index in [1.54, 1.807) is 7.11 Å². The molecule has 0 saturated heterocycles. The number of aromatic nitrogens is 3. The van der Waals surface area contributed by atoms with Crippen molar-refractivity contribution in [2.24, 2.45) is 5.92 Å². The Morgan fingerprint density at radius 2 is 2.03 bits per heavy atom. The highest BCUT2D eigenvalue weighted by Gasteiger charge is 2.12. The van der Waals surface area contributed by atoms with Gasteiger partial charge >= 0.3 is 0 Å². The van der Waals surface area contributed by atoms with Crippen molar-refractivity contribution in [1.29, 1.82) is 0 Å². The molecule has 2 heterocycles. The Bertz CT molecular complexity index is 913. The van der Waals surface area contributed by atoms with E-state index in [0.29, 0.717) is 18.3 Å². The number of hydrogen-bond donors (Lipinski definition) is 1. The molecule has 0 radical (unpaired) electrons. The molecule has 0 aliphatic rings. The van der Waals surface area contributed by atoms with E-state index in [1.165, 1.54) is 0 Å². The van der Waals surface area contributed by atoms with Crippen LogP contribution in [-0.2, 0) is 19.7 Å². The third kappa shape index (κ3) is 5.38. The van der Waals surface area contributed by atoms with Crippen LogP contribution in [0.15, 0.2) is 35.1 Å². The summed E-state index contributed by atoms with van der Waals surface area (Å²) in [6.07, 6.45) is 3.87. The number of nitrogens with one attached hydrogen (secondary N) is 1. The summed E-state index contributed by atoms with van der Waals surface area (Å²) in [6.45, 7) is 11.1. The van der Waals surface area contributed by atoms with Crippen molar-refractivity contribution < 1.29 is 14.0 Å². The second-order valence-electron chi connectivity index (χ2n) is 7.44. The van der Waals surface area contributed by atoms with Crippen molar-refractivity contribution in [3.05, 3.63) is 59.0 Å². The Morgan fingerprint density at radius 3 is 2.69 bits per heavy atom. The van der Waals surface area contributed by atoms with Crippen LogP contribution in [0.1, 0.15) is 35.3 Å². The molecule has 7 nitrogen and oxygen atoms in total. The van der Waals surface area contributed by atoms with Crippen LogP contribution >= 0.6 is 0 Å². The molecular formula is C22H30N4O3. The number of hydrogen-bond acceptors (Lipinski definition) is 6. The van der Waals surface area contributed by atoms with E-state index in [2.05, 4.69) is 33.0 Å². The fraction of sp³-hybridized carbons (Fsp3) is 0.455. The van der Waals surface area contributed by atoms with E-state index in [9.17, 15) is 0 Å². The first-order valence-electron chi connectivity index (χ1n) is 9.87. The van der Waals surface area contributed by atoms with Crippen molar-refractivity contribution in [3.63, 3.8) is 0 Å². The summed E-state index contributed by atoms with van der Waals surface area (Å²) in [5.41, 5.74) is 2.97. The molecule has 0 fully saturated rings. The molecule has 0 aliphatic heterocycles. The molecule has 156 valence electrons. The van der Waals surface area contributed by atoms with Gasteiger partial charge in [0.2, 0.25) is 0 Å². The normalized spacial score (nSPS) is 12.2. The van der Waals surface area contributed by atoms with E-state index in [1.807, 2.05) is 45.3 Å². The van der Waals surface area contributed by atoms with Crippen molar-refractivity contribution >= 4 is 0 Å². The number of aryl methyl sites for hydroxylation is 3. The van der Waals surface area contributed by atoms with Gasteiger partial charge in [-0.2, -0.15) is 0 Å². The molecule has 2 aromatic heterocycles. The minimum Gasteiger partial charge on any atom is -0.493 e. The lowest BCUT2D eigenvalue weighted by Crippen LogP contribution is -2.24. The second-order valence-corrected chi connectivity index (χ2v) is 7.44. The van der Waals surface area contributed by atoms with Crippen molar-refractivity contribution in [1.82, 2.24) is 20.0 Å². The lowest BCUT2D eigenvalue weighted by atomic mass is 10.1. The lowest BCUT2D eigenvalue weighted by Gasteiger charge is -2.15. The maximum atomic E-state index is 5.95. The first-order chi connectivity index (χ1) is 14.0. The van der Waals surface area contributed by atoms with E-state index >= 15 is 0 Å². The SMILES string of the molecule is COc1cc(CNCC(C)Cn2ccnc2C)ccc1OCc1c(C)noc1C. The minimum absolute atomic E-state index is 0.403. The average Bonchev–Trinajstić information content (AvgIpc) is 3.25. The molecule has 29 heavy (non-hydrogen) atoms. The van der Waals surface area contributed by atoms with Gasteiger partial charge in [-0.15, -0.1) is 0 Å². The fourth-order valence-corrected chi connectivity index (χ4v) is 3.26. The molecule has 3 aromatic rings. The topological polar surface area (TPSA) is 74.3 Å². The average molecular weight is 399 g/mol. The van der Waals surface area contributed by atoms with Gasteiger partial charge in [-0.3, -0.25) is 0 Å². The molecule has 7 heteroatoms. The van der Waals surface area contributed by atoms with Crippen LogP contribution in [0, 0.1) is 26.7 Å². The number of rotatable bonds is 10. The summed E-state index contributed by atoms with van der Waals surface area (Å²) in [4.78, 5) is 4.27. The van der Waals surface area contributed by atoms with Crippen LogP contribution in [-0.4, -0.2) is 28.4 Å². The van der Waals surface area contributed by atoms with Gasteiger partial charge in [-0.1, -0.05) is 18.1 Å². The first-order valence-corrected chi connectivity index (χ1v) is 9.87. The van der Waals surface area contributed by atoms with Crippen LogP contribution in [0.25, 0.3) is 0 Å². The number of methoxy groups -OCH3 is 1. The maximum Gasteiger partial charge on any atom is 0.161 e. The molecule has 3 rings (SSSR count). The Hall–Kier alpha value is -2.80. The van der Waals surface area contributed by atoms with Crippen molar-refractivity contribution in [2.75, 3.05) is 13.7 Å². The molecule has 1 N–H and O–H groups in total. The van der Waals surface area contributed by atoms with Crippen LogP contribution < -0.4 is 14.8 Å². The predicted molar refractivity (Wildman–Crippen MR) is 111 cm³/mol. The van der Waals surface area contributed by atoms with Gasteiger partial charge in [0.1, 0.15) is 18.2 Å². The third-order valence-electron chi connectivity index (χ3n) is 5.04. The van der Waals surface area contributed by atoms with Crippen LogP contribution in [0.2, 0.25) is 0 Å². The molecule has 0 spiro atoms. The highest BCUT2D eigenvalue weighted by Crippen LogP contribution is 2.29. The van der Waals surface area contributed by atoms with E-state index in [0.717, 1.165) is 53.8 Å². The molecule has 1 unspecified atom stereocenters. The van der Waals surface area contributed by atoms with Gasteiger partial charge in [-0.25, -0.2) is 4.98 Å². The van der Waals surface area contributed by atoms with E-state index < -0.39 is 0 Å². The van der Waals surface area contributed by atoms with E-state index in [-0.39, 0.29) is 0 Å². The van der Waals surface area contributed by atoms with Gasteiger partial charge in [0.05, 0.1) is 18.4 Å². The van der Waals surface area contributed by atoms with Gasteiger partial charge < -0.3 is 23.9 Å². The standard InChI is InChI=1S/C22H30N4O3/c1-15(13-26-9-8-24-18(26)4)11-23-12-19-6-7-21(22(10-19)27-5)28-14-20-16(2)25-29-17(20)3/h6-10,15,23H,11-14H2,1-5H3. The fourth-order valence-electron chi connectivity index (χ4n) is 3.26. The number of nitrogens with zero attached hydrogens (tertiary/aromatic N) is 3. The smallest absolute Gasteiger partial charge is 0.161 e. The molecule has 1 atom stereocenters. The molecule has 1 aromatic carbocycles. The monoisotopic (exact) mass is 398 g/mol. The number of benzene rings is 1. The zero-order valence-corrected chi connectivity index (χ0v) is 17.9. The van der Waals surface area contributed by atoms with Crippen molar-refractivity contribution in [3.8, 4) is 11.5 Å². The molecular weight excluding hydrogens is 368 g/mol. The zero-order chi connectivity index (χ0) is 20.8. The molecule has 0 aliphatic carbocycles. The van der Waals surface area contributed by atoms with Crippen LogP contribution in [0.5, 0.6) is 11.5 Å². The lowest BCUT2D eigenvalue weighted by molar-refractivity contribution is 0.281. The first kappa shape index (κ1) is 20.9. The minimum atomic E-state index is 0.403. The zero-order valence-electron chi connectivity index (χ0n) is 17.9. The van der Waals surface area contributed by atoms with E-state index in [4.69, 9.17) is 14.0 Å². The summed E-state index contributed by atoms with van der Waals surface area (Å²) in [5.74, 6) is 3.76. The quantitative estimate of drug-likeness (QED) is 0.560. The predicted octanol–water partition coefficient (Wildman–Crippen LogP) is 3.81. The second kappa shape index (κ2) is 9.60. The highest BCUT2D eigenvalue weighted by molar-refractivity contribution is 5.43. The molecule has 0 amide bonds. The Balaban J connectivity index is 1.52. The molecule has 0 saturated carbocycles. The van der Waals surface area contributed by atoms with Gasteiger partial charge in [0.25, 0.3) is 0 Å². The largest absolute Gasteiger partial charge is 0.493 e. The summed E-state index contributed by atoms with van der Waals surface area (Å²) in [7, 11) is 1.66. The van der Waals surface area contributed by atoms with Gasteiger partial charge in [-0.05, 0) is 50.9 Å². The third-order valence-corrected chi connectivity index (χ3v) is 5.04. The van der Waals surface area contributed by atoms with Crippen LogP contribution in [0.3, 0.4) is 0 Å².